The van der Waals surface area contributed by atoms with E-state index in [0.29, 0.717) is 37.5 Å². The maximum absolute atomic E-state index is 12.7. The van der Waals surface area contributed by atoms with Gasteiger partial charge in [0.05, 0.1) is 16.8 Å². The van der Waals surface area contributed by atoms with Crippen molar-refractivity contribution < 1.29 is 19.1 Å². The first-order chi connectivity index (χ1) is 19.0. The number of hydrogen-bond donors (Lipinski definition) is 1. The fourth-order valence-electron chi connectivity index (χ4n) is 3.67. The number of para-hydroxylation sites is 1. The van der Waals surface area contributed by atoms with Crippen LogP contribution in [-0.2, 0) is 6.61 Å². The quantitative estimate of drug-likeness (QED) is 0.0888. The first-order valence-corrected chi connectivity index (χ1v) is 13.3. The minimum Gasteiger partial charge on any atom is -0.488 e. The van der Waals surface area contributed by atoms with Crippen LogP contribution in [0.2, 0.25) is 10.0 Å². The van der Waals surface area contributed by atoms with Crippen LogP contribution in [0.4, 0.5) is 0 Å². The molecule has 5 rings (SSSR count). The molecule has 39 heavy (non-hydrogen) atoms. The van der Waals surface area contributed by atoms with Crippen molar-refractivity contribution in [2.75, 3.05) is 0 Å². The number of ether oxygens (including phenoxy) is 2. The molecule has 0 unspecified atom stereocenters. The molecule has 0 radical (unpaired) electrons. The van der Waals surface area contributed by atoms with E-state index in [9.17, 15) is 9.59 Å². The van der Waals surface area contributed by atoms with Gasteiger partial charge >= 0.3 is 5.97 Å². The van der Waals surface area contributed by atoms with E-state index in [1.54, 1.807) is 60.7 Å². The highest BCUT2D eigenvalue weighted by Gasteiger charge is 2.19. The number of fused-ring (bicyclic) bond motifs is 1. The second-order valence-electron chi connectivity index (χ2n) is 8.31. The van der Waals surface area contributed by atoms with Crippen LogP contribution in [0.3, 0.4) is 0 Å². The zero-order valence-electron chi connectivity index (χ0n) is 20.3. The molecule has 1 N–H and O–H groups in total. The topological polar surface area (TPSA) is 77.0 Å². The number of hydrogen-bond acceptors (Lipinski definition) is 6. The molecule has 0 aliphatic rings. The molecule has 6 nitrogen and oxygen atoms in total. The zero-order chi connectivity index (χ0) is 27.2. The van der Waals surface area contributed by atoms with Gasteiger partial charge in [0, 0.05) is 15.1 Å². The lowest BCUT2D eigenvalue weighted by molar-refractivity contribution is 0.0739. The number of nitrogens with one attached hydrogen (secondary N) is 1. The van der Waals surface area contributed by atoms with E-state index in [-0.39, 0.29) is 6.61 Å². The van der Waals surface area contributed by atoms with E-state index < -0.39 is 11.9 Å². The maximum atomic E-state index is 12.7. The Hall–Kier alpha value is -4.17. The van der Waals surface area contributed by atoms with E-state index in [1.807, 2.05) is 36.4 Å². The average molecular weight is 575 g/mol. The Labute approximate surface area is 238 Å². The van der Waals surface area contributed by atoms with E-state index >= 15 is 0 Å². The Bertz CT molecular complexity index is 1670. The minimum atomic E-state index is -0.521. The number of esters is 1. The first kappa shape index (κ1) is 26.4. The predicted molar refractivity (Wildman–Crippen MR) is 156 cm³/mol. The normalized spacial score (nSPS) is 11.0. The van der Waals surface area contributed by atoms with Gasteiger partial charge in [0.25, 0.3) is 5.91 Å². The summed E-state index contributed by atoms with van der Waals surface area (Å²) in [6.07, 6.45) is 1.49. The lowest BCUT2D eigenvalue weighted by Crippen LogP contribution is -2.18. The van der Waals surface area contributed by atoms with Crippen molar-refractivity contribution in [3.63, 3.8) is 0 Å². The third-order valence-corrected chi connectivity index (χ3v) is 7.54. The van der Waals surface area contributed by atoms with Crippen LogP contribution in [0.15, 0.2) is 102 Å². The molecule has 0 saturated carbocycles. The molecule has 0 fully saturated rings. The fraction of sp³-hybridized carbons (Fsp3) is 0.0333. The molecule has 1 aromatic heterocycles. The third-order valence-electron chi connectivity index (χ3n) is 5.63. The molecule has 0 aliphatic heterocycles. The van der Waals surface area contributed by atoms with Crippen molar-refractivity contribution >= 4 is 62.7 Å². The second kappa shape index (κ2) is 12.1. The smallest absolute Gasteiger partial charge is 0.355 e. The summed E-state index contributed by atoms with van der Waals surface area (Å²) in [5, 5.41) is 5.89. The standard InChI is InChI=1S/C30H20Cl2N2O4S/c31-21-13-9-20(10-14-21)18-37-25-7-3-1-5-23(25)29(35)34-33-17-19-11-15-22(16-12-19)38-30(36)28-27(32)24-6-2-4-8-26(24)39-28/h1-17H,18H2,(H,34,35)/b33-17-. The lowest BCUT2D eigenvalue weighted by Gasteiger charge is -2.10. The van der Waals surface area contributed by atoms with Gasteiger partial charge in [0.15, 0.2) is 0 Å². The molecule has 0 aliphatic carbocycles. The van der Waals surface area contributed by atoms with Gasteiger partial charge in [0.1, 0.15) is 23.0 Å². The Morgan fingerprint density at radius 1 is 0.872 bits per heavy atom. The van der Waals surface area contributed by atoms with Crippen LogP contribution in [0, 0.1) is 0 Å². The molecule has 5 aromatic rings. The van der Waals surface area contributed by atoms with Crippen molar-refractivity contribution in [1.82, 2.24) is 5.43 Å². The van der Waals surface area contributed by atoms with Gasteiger partial charge in [0.2, 0.25) is 0 Å². The fourth-order valence-corrected chi connectivity index (χ4v) is 5.18. The molecule has 1 heterocycles. The number of thiophene rings is 1. The molecular weight excluding hydrogens is 555 g/mol. The first-order valence-electron chi connectivity index (χ1n) is 11.8. The molecule has 1 amide bonds. The number of hydrazone groups is 1. The molecule has 0 bridgehead atoms. The van der Waals surface area contributed by atoms with E-state index in [1.165, 1.54) is 17.6 Å². The summed E-state index contributed by atoms with van der Waals surface area (Å²) in [6.45, 7) is 0.288. The van der Waals surface area contributed by atoms with Crippen LogP contribution in [0.1, 0.15) is 31.2 Å². The van der Waals surface area contributed by atoms with Gasteiger partial charge in [-0.25, -0.2) is 10.2 Å². The van der Waals surface area contributed by atoms with Crippen LogP contribution in [-0.4, -0.2) is 18.1 Å². The van der Waals surface area contributed by atoms with E-state index in [0.717, 1.165) is 15.6 Å². The molecule has 9 heteroatoms. The number of carbonyl (C=O) groups is 2. The highest BCUT2D eigenvalue weighted by atomic mass is 35.5. The number of carbonyl (C=O) groups excluding carboxylic acids is 2. The van der Waals surface area contributed by atoms with Gasteiger partial charge in [-0.1, -0.05) is 65.7 Å². The zero-order valence-corrected chi connectivity index (χ0v) is 22.6. The highest BCUT2D eigenvalue weighted by Crippen LogP contribution is 2.35. The molecule has 4 aromatic carbocycles. The molecule has 194 valence electrons. The molecular formula is C30H20Cl2N2O4S. The lowest BCUT2D eigenvalue weighted by atomic mass is 10.2. The third kappa shape index (κ3) is 6.46. The Morgan fingerprint density at radius 3 is 2.36 bits per heavy atom. The van der Waals surface area contributed by atoms with Gasteiger partial charge in [-0.2, -0.15) is 5.10 Å². The summed E-state index contributed by atoms with van der Waals surface area (Å²) in [4.78, 5) is 25.7. The Morgan fingerprint density at radius 2 is 1.59 bits per heavy atom. The Kier molecular flexibility index (Phi) is 8.22. The summed E-state index contributed by atoms with van der Waals surface area (Å²) in [6, 6.07) is 28.5. The van der Waals surface area contributed by atoms with Crippen molar-refractivity contribution in [1.29, 1.82) is 0 Å². The van der Waals surface area contributed by atoms with Gasteiger partial charge in [-0.05, 0) is 65.7 Å². The van der Waals surface area contributed by atoms with E-state index in [4.69, 9.17) is 32.7 Å². The summed E-state index contributed by atoms with van der Waals surface area (Å²) in [7, 11) is 0. The number of rotatable bonds is 8. The number of benzene rings is 4. The highest BCUT2D eigenvalue weighted by molar-refractivity contribution is 7.21. The second-order valence-corrected chi connectivity index (χ2v) is 10.2. The summed E-state index contributed by atoms with van der Waals surface area (Å²) in [5.74, 6) is -0.137. The van der Waals surface area contributed by atoms with Crippen molar-refractivity contribution in [3.8, 4) is 11.5 Å². The summed E-state index contributed by atoms with van der Waals surface area (Å²) < 4.78 is 12.3. The van der Waals surface area contributed by atoms with Gasteiger partial charge in [-0.3, -0.25) is 4.79 Å². The molecule has 0 spiro atoms. The monoisotopic (exact) mass is 574 g/mol. The Balaban J connectivity index is 1.18. The molecule has 0 saturated heterocycles. The van der Waals surface area contributed by atoms with E-state index in [2.05, 4.69) is 10.5 Å². The minimum absolute atomic E-state index is 0.288. The number of halogens is 2. The maximum Gasteiger partial charge on any atom is 0.355 e. The van der Waals surface area contributed by atoms with Crippen LogP contribution in [0.5, 0.6) is 11.5 Å². The van der Waals surface area contributed by atoms with Crippen molar-refractivity contribution in [2.45, 2.75) is 6.61 Å². The largest absolute Gasteiger partial charge is 0.488 e. The van der Waals surface area contributed by atoms with Gasteiger partial charge < -0.3 is 9.47 Å². The van der Waals surface area contributed by atoms with Crippen LogP contribution in [0.25, 0.3) is 10.1 Å². The number of amides is 1. The SMILES string of the molecule is O=C(N/N=C\c1ccc(OC(=O)c2sc3ccccc3c2Cl)cc1)c1ccccc1OCc1ccc(Cl)cc1. The van der Waals surface area contributed by atoms with Crippen molar-refractivity contribution in [2.24, 2.45) is 5.10 Å². The summed E-state index contributed by atoms with van der Waals surface area (Å²) in [5.41, 5.74) is 4.49. The predicted octanol–water partition coefficient (Wildman–Crippen LogP) is 7.77. The van der Waals surface area contributed by atoms with Crippen molar-refractivity contribution in [3.05, 3.63) is 129 Å². The average Bonchev–Trinajstić information content (AvgIpc) is 3.30. The van der Waals surface area contributed by atoms with Gasteiger partial charge in [-0.15, -0.1) is 11.3 Å². The molecule has 0 atom stereocenters. The van der Waals surface area contributed by atoms with Crippen LogP contribution < -0.4 is 14.9 Å². The number of nitrogens with zero attached hydrogens (tertiary/aromatic N) is 1. The summed E-state index contributed by atoms with van der Waals surface area (Å²) >= 11 is 13.6. The van der Waals surface area contributed by atoms with Crippen LogP contribution >= 0.6 is 34.5 Å².